The molecule has 2 rings (SSSR count). The third-order valence-corrected chi connectivity index (χ3v) is 3.26. The summed E-state index contributed by atoms with van der Waals surface area (Å²) in [6.07, 6.45) is 3.44. The molecule has 0 aliphatic rings. The summed E-state index contributed by atoms with van der Waals surface area (Å²) in [7, 11) is 0. The second-order valence-corrected chi connectivity index (χ2v) is 4.90. The molecule has 0 aliphatic heterocycles. The summed E-state index contributed by atoms with van der Waals surface area (Å²) in [4.78, 5) is 16.2. The predicted octanol–water partition coefficient (Wildman–Crippen LogP) is 2.27. The van der Waals surface area contributed by atoms with Crippen molar-refractivity contribution in [2.24, 2.45) is 5.73 Å². The van der Waals surface area contributed by atoms with Gasteiger partial charge in [-0.15, -0.1) is 0 Å². The van der Waals surface area contributed by atoms with Crippen LogP contribution in [0.5, 0.6) is 0 Å². The molecule has 20 heavy (non-hydrogen) atoms. The van der Waals surface area contributed by atoms with Gasteiger partial charge in [0.15, 0.2) is 0 Å². The molecule has 1 unspecified atom stereocenters. The smallest absolute Gasteiger partial charge is 0.241 e. The lowest BCUT2D eigenvalue weighted by Crippen LogP contribution is -2.35. The maximum Gasteiger partial charge on any atom is 0.241 e. The minimum atomic E-state index is -0.658. The van der Waals surface area contributed by atoms with Gasteiger partial charge in [0, 0.05) is 12.4 Å². The van der Waals surface area contributed by atoms with Crippen molar-refractivity contribution in [3.8, 4) is 0 Å². The van der Waals surface area contributed by atoms with Gasteiger partial charge in [-0.1, -0.05) is 35.9 Å². The number of hydrogen-bond acceptors (Lipinski definition) is 3. The van der Waals surface area contributed by atoms with Crippen LogP contribution in [-0.4, -0.2) is 10.9 Å². The van der Waals surface area contributed by atoms with Crippen LogP contribution in [0.15, 0.2) is 48.8 Å². The van der Waals surface area contributed by atoms with Crippen molar-refractivity contribution in [2.75, 3.05) is 0 Å². The third-order valence-electron chi connectivity index (χ3n) is 3.26. The normalized spacial score (nSPS) is 13.6. The molecular formula is C16H19N3O. The van der Waals surface area contributed by atoms with Crippen molar-refractivity contribution >= 4 is 5.91 Å². The topological polar surface area (TPSA) is 68.0 Å². The quantitative estimate of drug-likeness (QED) is 0.894. The van der Waals surface area contributed by atoms with Crippen molar-refractivity contribution in [3.63, 3.8) is 0 Å². The summed E-state index contributed by atoms with van der Waals surface area (Å²) in [5, 5.41) is 2.91. The molecule has 0 spiro atoms. The van der Waals surface area contributed by atoms with Gasteiger partial charge in [0.25, 0.3) is 0 Å². The molecule has 1 heterocycles. The number of benzene rings is 1. The molecule has 4 nitrogen and oxygen atoms in total. The van der Waals surface area contributed by atoms with Gasteiger partial charge in [-0.3, -0.25) is 9.78 Å². The highest BCUT2D eigenvalue weighted by Crippen LogP contribution is 2.15. The standard InChI is InChI=1S/C16H19N3O/c1-11-5-7-13(8-6-11)15(17)16(20)19-12(2)14-4-3-9-18-10-14/h3-10,12,15H,17H2,1-2H3,(H,19,20)/t12-,15?/m0/s1. The van der Waals surface area contributed by atoms with Crippen LogP contribution in [-0.2, 0) is 4.79 Å². The first-order valence-electron chi connectivity index (χ1n) is 6.60. The number of nitrogens with two attached hydrogens (primary N) is 1. The Morgan fingerprint density at radius 1 is 1.20 bits per heavy atom. The fraction of sp³-hybridized carbons (Fsp3) is 0.250. The van der Waals surface area contributed by atoms with Crippen LogP contribution >= 0.6 is 0 Å². The fourth-order valence-electron chi connectivity index (χ4n) is 1.94. The second-order valence-electron chi connectivity index (χ2n) is 4.90. The maximum atomic E-state index is 12.2. The number of aryl methyl sites for hydroxylation is 1. The van der Waals surface area contributed by atoms with Crippen LogP contribution in [0.2, 0.25) is 0 Å². The van der Waals surface area contributed by atoms with E-state index in [9.17, 15) is 4.79 Å². The number of carbonyl (C=O) groups is 1. The molecule has 0 bridgehead atoms. The molecule has 2 atom stereocenters. The number of nitrogens with zero attached hydrogens (tertiary/aromatic N) is 1. The summed E-state index contributed by atoms with van der Waals surface area (Å²) >= 11 is 0. The monoisotopic (exact) mass is 269 g/mol. The first kappa shape index (κ1) is 14.2. The average Bonchev–Trinajstić information content (AvgIpc) is 2.48. The number of amides is 1. The molecule has 0 radical (unpaired) electrons. The van der Waals surface area contributed by atoms with Crippen molar-refractivity contribution in [3.05, 3.63) is 65.5 Å². The number of rotatable bonds is 4. The Hall–Kier alpha value is -2.20. The highest BCUT2D eigenvalue weighted by atomic mass is 16.2. The number of aromatic nitrogens is 1. The second kappa shape index (κ2) is 6.30. The molecule has 2 aromatic rings. The number of nitrogens with one attached hydrogen (secondary N) is 1. The highest BCUT2D eigenvalue weighted by Gasteiger charge is 2.18. The van der Waals surface area contributed by atoms with Crippen molar-refractivity contribution < 1.29 is 4.79 Å². The molecular weight excluding hydrogens is 250 g/mol. The lowest BCUT2D eigenvalue weighted by molar-refractivity contribution is -0.123. The number of carbonyl (C=O) groups excluding carboxylic acids is 1. The van der Waals surface area contributed by atoms with Crippen LogP contribution in [0, 0.1) is 6.92 Å². The van der Waals surface area contributed by atoms with E-state index in [0.29, 0.717) is 0 Å². The zero-order chi connectivity index (χ0) is 14.5. The molecule has 4 heteroatoms. The Kier molecular flexibility index (Phi) is 4.48. The first-order chi connectivity index (χ1) is 9.58. The minimum Gasteiger partial charge on any atom is -0.348 e. The van der Waals surface area contributed by atoms with Gasteiger partial charge < -0.3 is 11.1 Å². The Balaban J connectivity index is 2.02. The Labute approximate surface area is 119 Å². The van der Waals surface area contributed by atoms with Crippen LogP contribution in [0.1, 0.15) is 35.7 Å². The summed E-state index contributed by atoms with van der Waals surface area (Å²) in [6, 6.07) is 10.7. The molecule has 1 aromatic heterocycles. The van der Waals surface area contributed by atoms with Gasteiger partial charge in [-0.05, 0) is 31.0 Å². The van der Waals surface area contributed by atoms with Crippen LogP contribution < -0.4 is 11.1 Å². The Morgan fingerprint density at radius 2 is 1.90 bits per heavy atom. The van der Waals surface area contributed by atoms with Gasteiger partial charge in [0.05, 0.1) is 6.04 Å². The lowest BCUT2D eigenvalue weighted by atomic mass is 10.0. The van der Waals surface area contributed by atoms with E-state index in [0.717, 1.165) is 16.7 Å². The zero-order valence-corrected chi connectivity index (χ0v) is 11.7. The molecule has 0 saturated carbocycles. The molecule has 0 fully saturated rings. The van der Waals surface area contributed by atoms with Gasteiger partial charge >= 0.3 is 0 Å². The van der Waals surface area contributed by atoms with E-state index in [-0.39, 0.29) is 11.9 Å². The zero-order valence-electron chi connectivity index (χ0n) is 11.7. The van der Waals surface area contributed by atoms with Crippen molar-refractivity contribution in [2.45, 2.75) is 25.9 Å². The first-order valence-corrected chi connectivity index (χ1v) is 6.60. The van der Waals surface area contributed by atoms with E-state index in [4.69, 9.17) is 5.73 Å². The van der Waals surface area contributed by atoms with E-state index in [1.807, 2.05) is 50.2 Å². The van der Waals surface area contributed by atoms with Gasteiger partial charge in [0.1, 0.15) is 6.04 Å². The largest absolute Gasteiger partial charge is 0.348 e. The molecule has 0 aliphatic carbocycles. The van der Waals surface area contributed by atoms with E-state index in [1.165, 1.54) is 0 Å². The maximum absolute atomic E-state index is 12.2. The lowest BCUT2D eigenvalue weighted by Gasteiger charge is -2.18. The molecule has 104 valence electrons. The summed E-state index contributed by atoms with van der Waals surface area (Å²) < 4.78 is 0. The Bertz CT molecular complexity index is 566. The van der Waals surface area contributed by atoms with Gasteiger partial charge in [0.2, 0.25) is 5.91 Å². The summed E-state index contributed by atoms with van der Waals surface area (Å²) in [5.41, 5.74) is 8.90. The van der Waals surface area contributed by atoms with Crippen LogP contribution in [0.4, 0.5) is 0 Å². The van der Waals surface area contributed by atoms with E-state index >= 15 is 0 Å². The summed E-state index contributed by atoms with van der Waals surface area (Å²) in [5.74, 6) is -0.190. The predicted molar refractivity (Wildman–Crippen MR) is 78.9 cm³/mol. The molecule has 0 saturated heterocycles. The van der Waals surface area contributed by atoms with Crippen LogP contribution in [0.25, 0.3) is 0 Å². The SMILES string of the molecule is Cc1ccc(C(N)C(=O)N[C@@H](C)c2cccnc2)cc1. The molecule has 1 aromatic carbocycles. The van der Waals surface area contributed by atoms with E-state index in [2.05, 4.69) is 10.3 Å². The average molecular weight is 269 g/mol. The van der Waals surface area contributed by atoms with Crippen molar-refractivity contribution in [1.29, 1.82) is 0 Å². The van der Waals surface area contributed by atoms with Gasteiger partial charge in [-0.2, -0.15) is 0 Å². The van der Waals surface area contributed by atoms with Gasteiger partial charge in [-0.25, -0.2) is 0 Å². The number of hydrogen-bond donors (Lipinski definition) is 2. The number of pyridine rings is 1. The molecule has 1 amide bonds. The van der Waals surface area contributed by atoms with E-state index < -0.39 is 6.04 Å². The highest BCUT2D eigenvalue weighted by molar-refractivity contribution is 5.83. The summed E-state index contributed by atoms with van der Waals surface area (Å²) in [6.45, 7) is 3.91. The van der Waals surface area contributed by atoms with E-state index in [1.54, 1.807) is 12.4 Å². The molecule has 3 N–H and O–H groups in total. The Morgan fingerprint density at radius 3 is 2.50 bits per heavy atom. The minimum absolute atomic E-state index is 0.118. The third kappa shape index (κ3) is 3.42. The fourth-order valence-corrected chi connectivity index (χ4v) is 1.94. The van der Waals surface area contributed by atoms with Crippen LogP contribution in [0.3, 0.4) is 0 Å². The van der Waals surface area contributed by atoms with Crippen molar-refractivity contribution in [1.82, 2.24) is 10.3 Å².